The second kappa shape index (κ2) is 10.4. The molecule has 0 saturated carbocycles. The maximum absolute atomic E-state index is 12.6. The number of amides is 2. The first kappa shape index (κ1) is 22.1. The number of ether oxygens (including phenoxy) is 1. The summed E-state index contributed by atoms with van der Waals surface area (Å²) in [6.07, 6.45) is -0.0611. The predicted molar refractivity (Wildman–Crippen MR) is 123 cm³/mol. The highest BCUT2D eigenvalue weighted by Crippen LogP contribution is 2.18. The molecule has 0 spiro atoms. The van der Waals surface area contributed by atoms with Crippen LogP contribution in [0, 0.1) is 6.92 Å². The van der Waals surface area contributed by atoms with Gasteiger partial charge in [-0.25, -0.2) is 0 Å². The molecule has 3 rings (SSSR count). The van der Waals surface area contributed by atoms with Crippen LogP contribution in [0.25, 0.3) is 0 Å². The summed E-state index contributed by atoms with van der Waals surface area (Å²) in [6.45, 7) is 5.83. The first-order chi connectivity index (χ1) is 15.0. The Morgan fingerprint density at radius 2 is 1.65 bits per heavy atom. The lowest BCUT2D eigenvalue weighted by molar-refractivity contribution is -0.122. The molecule has 2 amide bonds. The fourth-order valence-corrected chi connectivity index (χ4v) is 3.21. The molecule has 3 aromatic carbocycles. The molecule has 0 aliphatic carbocycles. The van der Waals surface area contributed by atoms with Crippen LogP contribution in [0.2, 0.25) is 0 Å². The number of hydrogen-bond acceptors (Lipinski definition) is 3. The van der Waals surface area contributed by atoms with Gasteiger partial charge >= 0.3 is 0 Å². The van der Waals surface area contributed by atoms with E-state index in [2.05, 4.69) is 10.6 Å². The van der Waals surface area contributed by atoms with E-state index >= 15 is 0 Å². The van der Waals surface area contributed by atoms with E-state index < -0.39 is 6.10 Å². The summed E-state index contributed by atoms with van der Waals surface area (Å²) >= 11 is 0. The zero-order valence-electron chi connectivity index (χ0n) is 18.1. The first-order valence-electron chi connectivity index (χ1n) is 10.5. The number of aryl methyl sites for hydroxylation is 1. The molecule has 0 saturated heterocycles. The molecule has 31 heavy (non-hydrogen) atoms. The second-order valence-corrected chi connectivity index (χ2v) is 7.50. The maximum Gasteiger partial charge on any atom is 0.265 e. The lowest BCUT2D eigenvalue weighted by atomic mass is 10.1. The Hall–Kier alpha value is -3.60. The van der Waals surface area contributed by atoms with E-state index in [4.69, 9.17) is 4.74 Å². The Morgan fingerprint density at radius 1 is 0.935 bits per heavy atom. The topological polar surface area (TPSA) is 67.4 Å². The molecule has 2 unspecified atom stereocenters. The number of rotatable bonds is 8. The van der Waals surface area contributed by atoms with E-state index in [1.54, 1.807) is 24.3 Å². The van der Waals surface area contributed by atoms with Gasteiger partial charge in [0, 0.05) is 11.3 Å². The summed E-state index contributed by atoms with van der Waals surface area (Å²) in [5.74, 6) is 0.281. The molecule has 2 atom stereocenters. The fourth-order valence-electron chi connectivity index (χ4n) is 3.21. The molecule has 0 aromatic heterocycles. The number of hydrogen-bond donors (Lipinski definition) is 2. The van der Waals surface area contributed by atoms with Crippen LogP contribution in [0.5, 0.6) is 5.75 Å². The molecule has 0 aliphatic rings. The number of anilines is 1. The third-order valence-electron chi connectivity index (χ3n) is 4.99. The van der Waals surface area contributed by atoms with Gasteiger partial charge in [-0.15, -0.1) is 0 Å². The van der Waals surface area contributed by atoms with Crippen molar-refractivity contribution in [3.05, 3.63) is 95.6 Å². The van der Waals surface area contributed by atoms with Crippen LogP contribution in [-0.4, -0.2) is 17.9 Å². The molecule has 0 bridgehead atoms. The maximum atomic E-state index is 12.6. The summed E-state index contributed by atoms with van der Waals surface area (Å²) in [4.78, 5) is 25.2. The van der Waals surface area contributed by atoms with Crippen LogP contribution in [0.4, 0.5) is 5.69 Å². The average molecular weight is 417 g/mol. The monoisotopic (exact) mass is 416 g/mol. The quantitative estimate of drug-likeness (QED) is 0.525. The molecule has 5 nitrogen and oxygen atoms in total. The normalized spacial score (nSPS) is 12.5. The van der Waals surface area contributed by atoms with Gasteiger partial charge in [0.05, 0.1) is 6.04 Å². The number of carbonyl (C=O) groups excluding carboxylic acids is 2. The minimum Gasteiger partial charge on any atom is -0.481 e. The second-order valence-electron chi connectivity index (χ2n) is 7.50. The van der Waals surface area contributed by atoms with Crippen molar-refractivity contribution in [2.45, 2.75) is 39.3 Å². The third-order valence-corrected chi connectivity index (χ3v) is 4.99. The Kier molecular flexibility index (Phi) is 7.44. The van der Waals surface area contributed by atoms with Crippen molar-refractivity contribution in [1.82, 2.24) is 5.32 Å². The van der Waals surface area contributed by atoms with Gasteiger partial charge in [-0.1, -0.05) is 49.4 Å². The van der Waals surface area contributed by atoms with E-state index in [-0.39, 0.29) is 17.9 Å². The summed E-state index contributed by atoms with van der Waals surface area (Å²) < 4.78 is 5.85. The summed E-state index contributed by atoms with van der Waals surface area (Å²) in [6, 6.07) is 24.2. The summed E-state index contributed by atoms with van der Waals surface area (Å²) in [7, 11) is 0. The van der Waals surface area contributed by atoms with Gasteiger partial charge in [-0.3, -0.25) is 9.59 Å². The first-order valence-corrected chi connectivity index (χ1v) is 10.5. The Morgan fingerprint density at radius 3 is 2.29 bits per heavy atom. The van der Waals surface area contributed by atoms with Gasteiger partial charge in [0.25, 0.3) is 11.8 Å². The van der Waals surface area contributed by atoms with Crippen molar-refractivity contribution in [3.8, 4) is 5.75 Å². The molecule has 0 heterocycles. The molecular weight excluding hydrogens is 388 g/mol. The number of nitrogens with one attached hydrogen (secondary N) is 2. The number of carbonyl (C=O) groups is 2. The standard InChI is InChI=1S/C26H28N2O3/c1-4-24(31-23-12-8-9-18(2)17-23)26(30)28-22-15-13-21(14-16-22)25(29)27-19(3)20-10-6-5-7-11-20/h5-17,19,24H,4H2,1-3H3,(H,27,29)(H,28,30). The molecule has 0 radical (unpaired) electrons. The molecule has 2 N–H and O–H groups in total. The van der Waals surface area contributed by atoms with Gasteiger partial charge in [-0.2, -0.15) is 0 Å². The highest BCUT2D eigenvalue weighted by Gasteiger charge is 2.19. The number of benzene rings is 3. The highest BCUT2D eigenvalue weighted by molar-refractivity contribution is 5.97. The summed E-state index contributed by atoms with van der Waals surface area (Å²) in [5.41, 5.74) is 3.26. The van der Waals surface area contributed by atoms with Crippen molar-refractivity contribution >= 4 is 17.5 Å². The van der Waals surface area contributed by atoms with Crippen molar-refractivity contribution in [2.24, 2.45) is 0 Å². The van der Waals surface area contributed by atoms with Gasteiger partial charge in [0.15, 0.2) is 6.10 Å². The molecule has 3 aromatic rings. The van der Waals surface area contributed by atoms with Crippen LogP contribution >= 0.6 is 0 Å². The van der Waals surface area contributed by atoms with E-state index in [0.717, 1.165) is 11.1 Å². The Labute approximate surface area is 183 Å². The van der Waals surface area contributed by atoms with E-state index in [1.165, 1.54) is 0 Å². The lowest BCUT2D eigenvalue weighted by Crippen LogP contribution is -2.32. The van der Waals surface area contributed by atoms with Crippen molar-refractivity contribution in [1.29, 1.82) is 0 Å². The minimum absolute atomic E-state index is 0.0998. The largest absolute Gasteiger partial charge is 0.481 e. The van der Waals surface area contributed by atoms with Crippen LogP contribution < -0.4 is 15.4 Å². The van der Waals surface area contributed by atoms with Crippen molar-refractivity contribution < 1.29 is 14.3 Å². The smallest absolute Gasteiger partial charge is 0.265 e. The SMILES string of the molecule is CCC(Oc1cccc(C)c1)C(=O)Nc1ccc(C(=O)NC(C)c2ccccc2)cc1. The van der Waals surface area contributed by atoms with E-state index in [1.807, 2.05) is 75.4 Å². The van der Waals surface area contributed by atoms with Gasteiger partial charge in [0.1, 0.15) is 5.75 Å². The molecule has 0 fully saturated rings. The van der Waals surface area contributed by atoms with Gasteiger partial charge < -0.3 is 15.4 Å². The van der Waals surface area contributed by atoms with Gasteiger partial charge in [0.2, 0.25) is 0 Å². The van der Waals surface area contributed by atoms with Crippen molar-refractivity contribution in [2.75, 3.05) is 5.32 Å². The Balaban J connectivity index is 1.58. The van der Waals surface area contributed by atoms with Crippen LogP contribution in [-0.2, 0) is 4.79 Å². The van der Waals surface area contributed by atoms with Crippen LogP contribution in [0.1, 0.15) is 47.8 Å². The van der Waals surface area contributed by atoms with Crippen molar-refractivity contribution in [3.63, 3.8) is 0 Å². The zero-order valence-corrected chi connectivity index (χ0v) is 18.1. The fraction of sp³-hybridized carbons (Fsp3) is 0.231. The lowest BCUT2D eigenvalue weighted by Gasteiger charge is -2.18. The zero-order chi connectivity index (χ0) is 22.2. The Bertz CT molecular complexity index is 1020. The van der Waals surface area contributed by atoms with E-state index in [0.29, 0.717) is 23.4 Å². The molecular formula is C26H28N2O3. The van der Waals surface area contributed by atoms with Crippen LogP contribution in [0.15, 0.2) is 78.9 Å². The highest BCUT2D eigenvalue weighted by atomic mass is 16.5. The predicted octanol–water partition coefficient (Wildman–Crippen LogP) is 5.28. The molecule has 0 aliphatic heterocycles. The van der Waals surface area contributed by atoms with Gasteiger partial charge in [-0.05, 0) is 67.8 Å². The molecule has 5 heteroatoms. The van der Waals surface area contributed by atoms with E-state index in [9.17, 15) is 9.59 Å². The average Bonchev–Trinajstić information content (AvgIpc) is 2.78. The summed E-state index contributed by atoms with van der Waals surface area (Å²) in [5, 5.41) is 5.85. The minimum atomic E-state index is -0.600. The van der Waals surface area contributed by atoms with Crippen LogP contribution in [0.3, 0.4) is 0 Å². The third kappa shape index (κ3) is 6.19. The molecule has 160 valence electrons.